The van der Waals surface area contributed by atoms with Gasteiger partial charge in [0, 0.05) is 38.8 Å². The largest absolute Gasteiger partial charge is 0.445 e. The van der Waals surface area contributed by atoms with Gasteiger partial charge in [-0.05, 0) is 57.4 Å². The van der Waals surface area contributed by atoms with Crippen LogP contribution >= 0.6 is 0 Å². The molecule has 2 amide bonds. The predicted molar refractivity (Wildman–Crippen MR) is 128 cm³/mol. The number of hydrogen-bond donors (Lipinski definition) is 3. The van der Waals surface area contributed by atoms with Crippen LogP contribution in [-0.4, -0.2) is 66.6 Å². The predicted octanol–water partition coefficient (Wildman–Crippen LogP) is 3.54. The summed E-state index contributed by atoms with van der Waals surface area (Å²) in [4.78, 5) is 25.1. The molecule has 2 saturated heterocycles. The van der Waals surface area contributed by atoms with E-state index in [-0.39, 0.29) is 36.9 Å². The van der Waals surface area contributed by atoms with Gasteiger partial charge in [0.15, 0.2) is 0 Å². The van der Waals surface area contributed by atoms with Crippen LogP contribution in [-0.2, 0) is 16.1 Å². The lowest BCUT2D eigenvalue weighted by atomic mass is 9.97. The highest BCUT2D eigenvalue weighted by Gasteiger charge is 2.25. The van der Waals surface area contributed by atoms with Crippen LogP contribution in [0, 0.1) is 11.8 Å². The molecule has 2 aliphatic rings. The molecule has 3 rings (SSSR count). The summed E-state index contributed by atoms with van der Waals surface area (Å²) in [5, 5.41) is 15.1. The first-order valence-corrected chi connectivity index (χ1v) is 11.9. The minimum Gasteiger partial charge on any atom is -0.445 e. The third-order valence-electron chi connectivity index (χ3n) is 5.54. The minimum absolute atomic E-state index is 0.0224. The number of aliphatic hydroxyl groups is 1. The van der Waals surface area contributed by atoms with Crippen molar-refractivity contribution in [2.45, 2.75) is 65.2 Å². The normalized spacial score (nSPS) is 23.1. The SMILES string of the molecule is CC1CCCN(C(=O)OC(C)(C)C)C1.O=C(NC1CNCC(CO)C1)OCc1ccccc1. The van der Waals surface area contributed by atoms with Crippen LogP contribution in [0.4, 0.5) is 9.59 Å². The van der Waals surface area contributed by atoms with Gasteiger partial charge < -0.3 is 30.1 Å². The lowest BCUT2D eigenvalue weighted by molar-refractivity contribution is 0.0174. The molecule has 186 valence electrons. The number of nitrogens with one attached hydrogen (secondary N) is 2. The van der Waals surface area contributed by atoms with Crippen molar-refractivity contribution in [1.82, 2.24) is 15.5 Å². The Morgan fingerprint density at radius 2 is 1.94 bits per heavy atom. The molecule has 0 radical (unpaired) electrons. The number of piperidine rings is 2. The first-order chi connectivity index (χ1) is 15.7. The van der Waals surface area contributed by atoms with Gasteiger partial charge in [0.05, 0.1) is 0 Å². The van der Waals surface area contributed by atoms with Crippen molar-refractivity contribution in [2.24, 2.45) is 11.8 Å². The van der Waals surface area contributed by atoms with Gasteiger partial charge in [-0.3, -0.25) is 0 Å². The van der Waals surface area contributed by atoms with Crippen LogP contribution in [0.3, 0.4) is 0 Å². The fraction of sp³-hybridized carbons (Fsp3) is 0.680. The van der Waals surface area contributed by atoms with Gasteiger partial charge in [0.25, 0.3) is 0 Å². The fourth-order valence-corrected chi connectivity index (χ4v) is 3.89. The quantitative estimate of drug-likeness (QED) is 0.632. The van der Waals surface area contributed by atoms with Crippen molar-refractivity contribution < 1.29 is 24.2 Å². The number of carbonyl (C=O) groups is 2. The average molecular weight is 464 g/mol. The zero-order chi connectivity index (χ0) is 24.3. The van der Waals surface area contributed by atoms with E-state index in [0.717, 1.165) is 44.6 Å². The Morgan fingerprint density at radius 3 is 2.58 bits per heavy atom. The lowest BCUT2D eigenvalue weighted by Crippen LogP contribution is -2.49. The summed E-state index contributed by atoms with van der Waals surface area (Å²) in [6, 6.07) is 9.59. The van der Waals surface area contributed by atoms with E-state index in [1.165, 1.54) is 6.42 Å². The molecule has 2 fully saturated rings. The van der Waals surface area contributed by atoms with Gasteiger partial charge in [-0.2, -0.15) is 0 Å². The molecule has 3 unspecified atom stereocenters. The number of rotatable bonds is 4. The van der Waals surface area contributed by atoms with E-state index in [1.54, 1.807) is 0 Å². The minimum atomic E-state index is -0.408. The Kier molecular flexibility index (Phi) is 10.9. The molecule has 0 saturated carbocycles. The van der Waals surface area contributed by atoms with Crippen LogP contribution in [0.15, 0.2) is 30.3 Å². The monoisotopic (exact) mass is 463 g/mol. The van der Waals surface area contributed by atoms with E-state index in [1.807, 2.05) is 56.0 Å². The van der Waals surface area contributed by atoms with Crippen LogP contribution in [0.1, 0.15) is 52.5 Å². The van der Waals surface area contributed by atoms with Crippen molar-refractivity contribution in [3.05, 3.63) is 35.9 Å². The second-order valence-corrected chi connectivity index (χ2v) is 10.0. The summed E-state index contributed by atoms with van der Waals surface area (Å²) in [5.74, 6) is 0.810. The van der Waals surface area contributed by atoms with E-state index in [2.05, 4.69) is 17.6 Å². The van der Waals surface area contributed by atoms with Crippen molar-refractivity contribution in [3.63, 3.8) is 0 Å². The molecule has 0 bridgehead atoms. The van der Waals surface area contributed by atoms with Gasteiger partial charge >= 0.3 is 12.2 Å². The van der Waals surface area contributed by atoms with E-state index in [9.17, 15) is 9.59 Å². The van der Waals surface area contributed by atoms with E-state index in [4.69, 9.17) is 14.6 Å². The van der Waals surface area contributed by atoms with Crippen molar-refractivity contribution in [3.8, 4) is 0 Å². The topological polar surface area (TPSA) is 100 Å². The highest BCUT2D eigenvalue weighted by Crippen LogP contribution is 2.18. The Labute approximate surface area is 198 Å². The smallest absolute Gasteiger partial charge is 0.410 e. The van der Waals surface area contributed by atoms with Crippen molar-refractivity contribution in [1.29, 1.82) is 0 Å². The Hall–Kier alpha value is -2.32. The fourth-order valence-electron chi connectivity index (χ4n) is 3.89. The highest BCUT2D eigenvalue weighted by atomic mass is 16.6. The molecule has 0 aliphatic carbocycles. The first kappa shape index (κ1) is 26.9. The molecule has 2 heterocycles. The maximum absolute atomic E-state index is 11.7. The number of alkyl carbamates (subject to hydrolysis) is 1. The zero-order valence-corrected chi connectivity index (χ0v) is 20.5. The van der Waals surface area contributed by atoms with Crippen LogP contribution in [0.5, 0.6) is 0 Å². The Balaban J connectivity index is 0.000000245. The Morgan fingerprint density at radius 1 is 1.21 bits per heavy atom. The van der Waals surface area contributed by atoms with Crippen molar-refractivity contribution in [2.75, 3.05) is 32.8 Å². The molecule has 0 spiro atoms. The summed E-state index contributed by atoms with van der Waals surface area (Å²) in [5.41, 5.74) is 0.588. The van der Waals surface area contributed by atoms with E-state index >= 15 is 0 Å². The highest BCUT2D eigenvalue weighted by molar-refractivity contribution is 5.68. The number of carbonyl (C=O) groups excluding carboxylic acids is 2. The maximum atomic E-state index is 11.7. The van der Waals surface area contributed by atoms with E-state index < -0.39 is 6.09 Å². The molecule has 1 aromatic rings. The molecule has 3 atom stereocenters. The third kappa shape index (κ3) is 10.9. The van der Waals surface area contributed by atoms with Crippen LogP contribution in [0.2, 0.25) is 0 Å². The molecule has 0 aromatic heterocycles. The maximum Gasteiger partial charge on any atom is 0.410 e. The molecule has 8 nitrogen and oxygen atoms in total. The zero-order valence-electron chi connectivity index (χ0n) is 20.5. The average Bonchev–Trinajstić information content (AvgIpc) is 2.78. The number of hydrogen-bond acceptors (Lipinski definition) is 6. The molecular weight excluding hydrogens is 422 g/mol. The number of aliphatic hydroxyl groups excluding tert-OH is 1. The Bertz CT molecular complexity index is 723. The molecule has 8 heteroatoms. The lowest BCUT2D eigenvalue weighted by Gasteiger charge is -2.32. The van der Waals surface area contributed by atoms with E-state index in [0.29, 0.717) is 5.92 Å². The number of nitrogens with zero attached hydrogens (tertiary/aromatic N) is 1. The van der Waals surface area contributed by atoms with Gasteiger partial charge in [-0.1, -0.05) is 37.3 Å². The summed E-state index contributed by atoms with van der Waals surface area (Å²) >= 11 is 0. The number of likely N-dealkylation sites (tertiary alicyclic amines) is 1. The standard InChI is InChI=1S/C14H20N2O3.C11H21NO2/c17-9-12-6-13(8-15-7-12)16-14(18)19-10-11-4-2-1-3-5-11;1-9-6-5-7-12(8-9)10(13)14-11(2,3)4/h1-5,12-13,15,17H,6-10H2,(H,16,18);9H,5-8H2,1-4H3. The van der Waals surface area contributed by atoms with Gasteiger partial charge in [0.2, 0.25) is 0 Å². The second-order valence-electron chi connectivity index (χ2n) is 10.0. The molecular formula is C25H41N3O5. The van der Waals surface area contributed by atoms with Gasteiger partial charge in [0.1, 0.15) is 12.2 Å². The number of amides is 2. The number of ether oxygens (including phenoxy) is 2. The second kappa shape index (κ2) is 13.4. The van der Waals surface area contributed by atoms with Gasteiger partial charge in [-0.15, -0.1) is 0 Å². The third-order valence-corrected chi connectivity index (χ3v) is 5.54. The summed E-state index contributed by atoms with van der Waals surface area (Å²) in [7, 11) is 0. The molecule has 2 aliphatic heterocycles. The molecule has 1 aromatic carbocycles. The summed E-state index contributed by atoms with van der Waals surface area (Å²) in [6.07, 6.45) is 2.53. The summed E-state index contributed by atoms with van der Waals surface area (Å²) < 4.78 is 10.5. The van der Waals surface area contributed by atoms with Gasteiger partial charge in [-0.25, -0.2) is 9.59 Å². The van der Waals surface area contributed by atoms with Crippen molar-refractivity contribution >= 4 is 12.2 Å². The molecule has 33 heavy (non-hydrogen) atoms. The van der Waals surface area contributed by atoms with Crippen LogP contribution < -0.4 is 10.6 Å². The first-order valence-electron chi connectivity index (χ1n) is 11.9. The number of benzene rings is 1. The summed E-state index contributed by atoms with van der Waals surface area (Å²) in [6.45, 7) is 11.5. The molecule has 3 N–H and O–H groups in total. The van der Waals surface area contributed by atoms with Crippen LogP contribution in [0.25, 0.3) is 0 Å².